The van der Waals surface area contributed by atoms with E-state index in [0.717, 1.165) is 43.6 Å². The first-order chi connectivity index (χ1) is 16.8. The van der Waals surface area contributed by atoms with Gasteiger partial charge in [0.05, 0.1) is 11.5 Å². The van der Waals surface area contributed by atoms with E-state index in [1.165, 1.54) is 25.7 Å². The fourth-order valence-electron chi connectivity index (χ4n) is 11.2. The van der Waals surface area contributed by atoms with E-state index < -0.39 is 13.7 Å². The fourth-order valence-corrected chi connectivity index (χ4v) is 16.7. The molecule has 204 valence electrons. The molecule has 0 N–H and O–H groups in total. The molecule has 4 fully saturated rings. The number of carbonyl (C=O) groups excluding carboxylic acids is 1. The van der Waals surface area contributed by atoms with Crippen LogP contribution < -0.4 is 0 Å². The number of carbonyl (C=O) groups is 1. The Balaban J connectivity index is 1.52. The van der Waals surface area contributed by atoms with Crippen LogP contribution in [0.15, 0.2) is 0 Å². The number of fused-ring (bicyclic) bond motifs is 5. The molecule has 0 saturated heterocycles. The summed E-state index contributed by atoms with van der Waals surface area (Å²) in [7, 11) is -1.84. The molecule has 0 heterocycles. The van der Waals surface area contributed by atoms with Gasteiger partial charge in [-0.3, -0.25) is 4.79 Å². The molecule has 0 aliphatic heterocycles. The molecule has 4 heteroatoms. The van der Waals surface area contributed by atoms with Crippen molar-refractivity contribution in [3.8, 4) is 6.07 Å². The summed E-state index contributed by atoms with van der Waals surface area (Å²) in [6.45, 7) is 22.8. The van der Waals surface area contributed by atoms with Crippen molar-refractivity contribution >= 4 is 14.1 Å². The van der Waals surface area contributed by atoms with Gasteiger partial charge >= 0.3 is 0 Å². The second-order valence-corrected chi connectivity index (χ2v) is 20.5. The van der Waals surface area contributed by atoms with E-state index in [2.05, 4.69) is 68.4 Å². The molecule has 0 aromatic rings. The Morgan fingerprint density at radius 3 is 2.14 bits per heavy atom. The number of hydrogen-bond donors (Lipinski definition) is 0. The van der Waals surface area contributed by atoms with Crippen LogP contribution in [0, 0.1) is 57.2 Å². The zero-order valence-electron chi connectivity index (χ0n) is 25.0. The minimum Gasteiger partial charge on any atom is -0.416 e. The van der Waals surface area contributed by atoms with Gasteiger partial charge in [0.1, 0.15) is 5.78 Å². The summed E-state index contributed by atoms with van der Waals surface area (Å²) in [6.07, 6.45) is 9.46. The van der Waals surface area contributed by atoms with Gasteiger partial charge in [0.15, 0.2) is 8.32 Å². The van der Waals surface area contributed by atoms with Gasteiger partial charge in [-0.2, -0.15) is 5.26 Å². The summed E-state index contributed by atoms with van der Waals surface area (Å²) in [5, 5.41) is 10.3. The predicted molar refractivity (Wildman–Crippen MR) is 151 cm³/mol. The van der Waals surface area contributed by atoms with Gasteiger partial charge in [0, 0.05) is 19.4 Å². The summed E-state index contributed by atoms with van der Waals surface area (Å²) in [5.41, 5.74) is 1.92. The highest BCUT2D eigenvalue weighted by Gasteiger charge is 2.65. The Bertz CT molecular complexity index is 854. The maximum Gasteiger partial charge on any atom is 0.200 e. The lowest BCUT2D eigenvalue weighted by Crippen LogP contribution is -2.58. The summed E-state index contributed by atoms with van der Waals surface area (Å²) in [6, 6.07) is 2.74. The van der Waals surface area contributed by atoms with Gasteiger partial charge in [-0.25, -0.2) is 0 Å². The zero-order valence-corrected chi connectivity index (χ0v) is 26.0. The van der Waals surface area contributed by atoms with Gasteiger partial charge < -0.3 is 4.43 Å². The van der Waals surface area contributed by atoms with Crippen LogP contribution in [0.4, 0.5) is 0 Å². The SMILES string of the molecule is CC(C)[Si](OC[C@@H](C)[C@H]1CC[C@H]2[C@@H]3CC[C@]4(C#N)CC(=O)CC[C@]4(C)[C@H]3CC[C@]12C)(C(C)C)C(C)C. The molecule has 0 amide bonds. The minimum absolute atomic E-state index is 0.0176. The van der Waals surface area contributed by atoms with Crippen molar-refractivity contribution in [3.63, 3.8) is 0 Å². The molecule has 0 unspecified atom stereocenters. The second kappa shape index (κ2) is 9.82. The average molecular weight is 514 g/mol. The number of ketones is 1. The lowest BCUT2D eigenvalue weighted by molar-refractivity contribution is -0.154. The van der Waals surface area contributed by atoms with Gasteiger partial charge in [0.25, 0.3) is 0 Å². The van der Waals surface area contributed by atoms with E-state index in [-0.39, 0.29) is 5.41 Å². The van der Waals surface area contributed by atoms with Crippen LogP contribution >= 0.6 is 0 Å². The molecule has 0 radical (unpaired) electrons. The van der Waals surface area contributed by atoms with E-state index in [9.17, 15) is 10.1 Å². The molecule has 0 aromatic heterocycles. The molecule has 3 nitrogen and oxygen atoms in total. The summed E-state index contributed by atoms with van der Waals surface area (Å²) >= 11 is 0. The van der Waals surface area contributed by atoms with Crippen LogP contribution in [0.5, 0.6) is 0 Å². The van der Waals surface area contributed by atoms with Crippen molar-refractivity contribution in [1.29, 1.82) is 5.26 Å². The third kappa shape index (κ3) is 4.00. The molecule has 0 bridgehead atoms. The Labute approximate surface area is 223 Å². The molecule has 0 aromatic carbocycles. The number of hydrogen-bond acceptors (Lipinski definition) is 3. The number of nitrogens with zero attached hydrogens (tertiary/aromatic N) is 1. The van der Waals surface area contributed by atoms with E-state index in [0.29, 0.717) is 52.5 Å². The van der Waals surface area contributed by atoms with Crippen molar-refractivity contribution in [2.75, 3.05) is 6.61 Å². The largest absolute Gasteiger partial charge is 0.416 e. The highest BCUT2D eigenvalue weighted by atomic mass is 28.4. The smallest absolute Gasteiger partial charge is 0.200 e. The Morgan fingerprint density at radius 1 is 0.917 bits per heavy atom. The molecule has 8 atom stereocenters. The molecule has 0 spiro atoms. The lowest BCUT2D eigenvalue weighted by atomic mass is 9.40. The van der Waals surface area contributed by atoms with Gasteiger partial charge in [-0.05, 0) is 102 Å². The Morgan fingerprint density at radius 2 is 1.56 bits per heavy atom. The first kappa shape index (κ1) is 28.3. The van der Waals surface area contributed by atoms with Crippen molar-refractivity contribution in [3.05, 3.63) is 0 Å². The number of Topliss-reactive ketones (excluding diaryl/α,β-unsaturated/α-hetero) is 1. The summed E-state index contributed by atoms with van der Waals surface area (Å²) in [4.78, 5) is 12.4. The maximum atomic E-state index is 12.4. The van der Waals surface area contributed by atoms with Crippen molar-refractivity contribution in [2.45, 2.75) is 137 Å². The third-order valence-corrected chi connectivity index (χ3v) is 19.0. The number of nitriles is 1. The van der Waals surface area contributed by atoms with Gasteiger partial charge in [-0.1, -0.05) is 62.3 Å². The number of rotatable bonds is 7. The van der Waals surface area contributed by atoms with Gasteiger partial charge in [0.2, 0.25) is 0 Å². The van der Waals surface area contributed by atoms with E-state index in [1.807, 2.05) is 0 Å². The Kier molecular flexibility index (Phi) is 7.73. The Hall–Kier alpha value is -0.663. The topological polar surface area (TPSA) is 50.1 Å². The van der Waals surface area contributed by atoms with Crippen molar-refractivity contribution in [1.82, 2.24) is 0 Å². The normalized spacial score (nSPS) is 41.7. The van der Waals surface area contributed by atoms with Crippen molar-refractivity contribution < 1.29 is 9.22 Å². The van der Waals surface area contributed by atoms with E-state index in [1.54, 1.807) is 0 Å². The van der Waals surface area contributed by atoms with Crippen LogP contribution in [-0.4, -0.2) is 20.7 Å². The molecular weight excluding hydrogens is 458 g/mol. The molecule has 4 aliphatic carbocycles. The maximum absolute atomic E-state index is 12.4. The first-order valence-electron chi connectivity index (χ1n) is 15.4. The third-order valence-electron chi connectivity index (χ3n) is 13.0. The summed E-state index contributed by atoms with van der Waals surface area (Å²) in [5.74, 6) is 3.79. The van der Waals surface area contributed by atoms with Crippen LogP contribution in [0.3, 0.4) is 0 Å². The molecule has 4 aliphatic rings. The molecule has 4 rings (SSSR count). The van der Waals surface area contributed by atoms with Gasteiger partial charge in [-0.15, -0.1) is 0 Å². The quantitative estimate of drug-likeness (QED) is 0.319. The van der Waals surface area contributed by atoms with Crippen LogP contribution in [0.2, 0.25) is 16.6 Å². The molecule has 4 saturated carbocycles. The van der Waals surface area contributed by atoms with E-state index in [4.69, 9.17) is 4.43 Å². The summed E-state index contributed by atoms with van der Waals surface area (Å²) < 4.78 is 7.12. The van der Waals surface area contributed by atoms with Crippen LogP contribution in [0.1, 0.15) is 120 Å². The first-order valence-corrected chi connectivity index (χ1v) is 17.5. The standard InChI is InChI=1S/C32H55NO2Si/c1-21(2)36(22(3)4,23(5)6)35-19-24(7)27-10-11-28-26-13-17-32(20-33)18-25(34)12-16-31(32,9)29(26)14-15-30(27,28)8/h21-24,26-29H,10-19H2,1-9H3/t24-,26+,27-,28+,29+,30-,31-,32-/m1/s1. The van der Waals surface area contributed by atoms with Crippen LogP contribution in [0.25, 0.3) is 0 Å². The van der Waals surface area contributed by atoms with E-state index >= 15 is 0 Å². The highest BCUT2D eigenvalue weighted by molar-refractivity contribution is 6.77. The minimum atomic E-state index is -1.84. The van der Waals surface area contributed by atoms with Crippen LogP contribution in [-0.2, 0) is 9.22 Å². The van der Waals surface area contributed by atoms with Crippen molar-refractivity contribution in [2.24, 2.45) is 45.8 Å². The predicted octanol–water partition coefficient (Wildman–Crippen LogP) is 8.94. The lowest BCUT2D eigenvalue weighted by Gasteiger charge is -2.63. The highest BCUT2D eigenvalue weighted by Crippen LogP contribution is 2.71. The molecule has 36 heavy (non-hydrogen) atoms. The fraction of sp³-hybridized carbons (Fsp3) is 0.938. The second-order valence-electron chi connectivity index (χ2n) is 15.1. The average Bonchev–Trinajstić information content (AvgIpc) is 3.16. The molecular formula is C32H55NO2Si. The monoisotopic (exact) mass is 513 g/mol. The zero-order chi connectivity index (χ0) is 26.7.